The fourth-order valence-electron chi connectivity index (χ4n) is 2.49. The number of aryl methyl sites for hydroxylation is 1. The molecule has 6 nitrogen and oxygen atoms in total. The fraction of sp³-hybridized carbons (Fsp3) is 0.692. The number of rotatable bonds is 5. The first-order chi connectivity index (χ1) is 10.4. The third kappa shape index (κ3) is 5.21. The van der Waals surface area contributed by atoms with Crippen LogP contribution >= 0.6 is 0 Å². The van der Waals surface area contributed by atoms with E-state index in [1.807, 2.05) is 6.92 Å². The molecular weight excluding hydrogens is 299 g/mol. The van der Waals surface area contributed by atoms with Gasteiger partial charge in [-0.1, -0.05) is 0 Å². The van der Waals surface area contributed by atoms with Crippen LogP contribution in [0.3, 0.4) is 0 Å². The molecule has 2 amide bonds. The number of amides is 2. The molecular formula is C13H20F3N5O. The number of anilines is 1. The van der Waals surface area contributed by atoms with Gasteiger partial charge in [-0.15, -0.1) is 0 Å². The summed E-state index contributed by atoms with van der Waals surface area (Å²) in [5.74, 6) is 0.0477. The highest BCUT2D eigenvalue weighted by atomic mass is 19.4. The summed E-state index contributed by atoms with van der Waals surface area (Å²) in [5.41, 5.74) is 0.587. The molecule has 2 heterocycles. The van der Waals surface area contributed by atoms with Gasteiger partial charge in [0.25, 0.3) is 0 Å². The van der Waals surface area contributed by atoms with Crippen molar-refractivity contribution in [2.24, 2.45) is 5.92 Å². The predicted octanol–water partition coefficient (Wildman–Crippen LogP) is 1.91. The Morgan fingerprint density at radius 1 is 1.50 bits per heavy atom. The van der Waals surface area contributed by atoms with Crippen LogP contribution in [0.4, 0.5) is 23.7 Å². The van der Waals surface area contributed by atoms with Crippen LogP contribution in [-0.2, 0) is 6.54 Å². The van der Waals surface area contributed by atoms with Crippen molar-refractivity contribution in [1.82, 2.24) is 20.0 Å². The second kappa shape index (κ2) is 6.99. The van der Waals surface area contributed by atoms with Gasteiger partial charge in [-0.25, -0.2) is 4.79 Å². The Balaban J connectivity index is 1.69. The molecule has 0 bridgehead atoms. The number of alkyl halides is 3. The highest BCUT2D eigenvalue weighted by Gasteiger charge is 2.34. The molecule has 0 radical (unpaired) electrons. The second-order valence-corrected chi connectivity index (χ2v) is 5.42. The number of halogens is 3. The average molecular weight is 319 g/mol. The SMILES string of the molecule is CCn1cc(NC(=O)NC[C@H]2CCN(CC(F)(F)F)C2)cn1. The Labute approximate surface area is 126 Å². The molecule has 0 spiro atoms. The van der Waals surface area contributed by atoms with Gasteiger partial charge in [-0.3, -0.25) is 9.58 Å². The van der Waals surface area contributed by atoms with E-state index in [0.29, 0.717) is 38.3 Å². The van der Waals surface area contributed by atoms with E-state index in [9.17, 15) is 18.0 Å². The molecule has 0 aliphatic carbocycles. The number of nitrogens with zero attached hydrogens (tertiary/aromatic N) is 3. The first-order valence-electron chi connectivity index (χ1n) is 7.22. The molecule has 2 N–H and O–H groups in total. The lowest BCUT2D eigenvalue weighted by Gasteiger charge is -2.18. The van der Waals surface area contributed by atoms with Crippen LogP contribution in [0, 0.1) is 5.92 Å². The summed E-state index contributed by atoms with van der Waals surface area (Å²) in [5, 5.41) is 9.36. The van der Waals surface area contributed by atoms with Crippen molar-refractivity contribution in [3.8, 4) is 0 Å². The lowest BCUT2D eigenvalue weighted by molar-refractivity contribution is -0.143. The van der Waals surface area contributed by atoms with E-state index in [4.69, 9.17) is 0 Å². The number of carbonyl (C=O) groups is 1. The van der Waals surface area contributed by atoms with Crippen LogP contribution in [0.15, 0.2) is 12.4 Å². The summed E-state index contributed by atoms with van der Waals surface area (Å²) < 4.78 is 38.6. The Hall–Kier alpha value is -1.77. The minimum absolute atomic E-state index is 0.0477. The zero-order valence-corrected chi connectivity index (χ0v) is 12.4. The lowest BCUT2D eigenvalue weighted by atomic mass is 10.1. The van der Waals surface area contributed by atoms with E-state index in [2.05, 4.69) is 15.7 Å². The molecule has 1 fully saturated rings. The fourth-order valence-corrected chi connectivity index (χ4v) is 2.49. The Morgan fingerprint density at radius 2 is 2.27 bits per heavy atom. The summed E-state index contributed by atoms with van der Waals surface area (Å²) in [6, 6.07) is -0.370. The normalized spacial score (nSPS) is 19.4. The standard InChI is InChI=1S/C13H20F3N5O/c1-2-21-8-11(6-18-21)19-12(22)17-5-10-3-4-20(7-10)9-13(14,15)16/h6,8,10H,2-5,7,9H2,1H3,(H2,17,19,22)/t10-/m1/s1. The molecule has 2 rings (SSSR count). The van der Waals surface area contributed by atoms with E-state index in [0.717, 1.165) is 0 Å². The second-order valence-electron chi connectivity index (χ2n) is 5.42. The lowest BCUT2D eigenvalue weighted by Crippen LogP contribution is -2.36. The van der Waals surface area contributed by atoms with Gasteiger partial charge in [-0.2, -0.15) is 18.3 Å². The van der Waals surface area contributed by atoms with Gasteiger partial charge in [0.2, 0.25) is 0 Å². The number of aromatic nitrogens is 2. The average Bonchev–Trinajstić information content (AvgIpc) is 3.04. The molecule has 1 aliphatic rings. The maximum atomic E-state index is 12.3. The number of likely N-dealkylation sites (tertiary alicyclic amines) is 1. The number of hydrogen-bond donors (Lipinski definition) is 2. The molecule has 0 saturated carbocycles. The third-order valence-corrected chi connectivity index (χ3v) is 3.54. The van der Waals surface area contributed by atoms with Crippen molar-refractivity contribution in [2.45, 2.75) is 26.1 Å². The zero-order valence-electron chi connectivity index (χ0n) is 12.4. The predicted molar refractivity (Wildman–Crippen MR) is 75.5 cm³/mol. The van der Waals surface area contributed by atoms with Crippen LogP contribution in [0.1, 0.15) is 13.3 Å². The number of urea groups is 1. The molecule has 0 aromatic carbocycles. The zero-order chi connectivity index (χ0) is 16.2. The van der Waals surface area contributed by atoms with Crippen molar-refractivity contribution in [3.63, 3.8) is 0 Å². The Bertz CT molecular complexity index is 502. The minimum Gasteiger partial charge on any atom is -0.338 e. The van der Waals surface area contributed by atoms with E-state index in [1.54, 1.807) is 17.1 Å². The van der Waals surface area contributed by atoms with Gasteiger partial charge in [0.1, 0.15) is 0 Å². The molecule has 9 heteroatoms. The first kappa shape index (κ1) is 16.6. The maximum absolute atomic E-state index is 12.3. The summed E-state index contributed by atoms with van der Waals surface area (Å²) in [7, 11) is 0. The Morgan fingerprint density at radius 3 is 2.91 bits per heavy atom. The molecule has 1 aliphatic heterocycles. The van der Waals surface area contributed by atoms with Crippen molar-refractivity contribution in [1.29, 1.82) is 0 Å². The quantitative estimate of drug-likeness (QED) is 0.871. The van der Waals surface area contributed by atoms with E-state index in [-0.39, 0.29) is 11.9 Å². The summed E-state index contributed by atoms with van der Waals surface area (Å²) >= 11 is 0. The van der Waals surface area contributed by atoms with Gasteiger partial charge in [0, 0.05) is 25.8 Å². The molecule has 1 saturated heterocycles. The molecule has 1 aromatic heterocycles. The topological polar surface area (TPSA) is 62.2 Å². The largest absolute Gasteiger partial charge is 0.401 e. The smallest absolute Gasteiger partial charge is 0.338 e. The minimum atomic E-state index is -4.17. The number of carbonyl (C=O) groups excluding carboxylic acids is 1. The van der Waals surface area contributed by atoms with E-state index >= 15 is 0 Å². The maximum Gasteiger partial charge on any atom is 0.401 e. The highest BCUT2D eigenvalue weighted by Crippen LogP contribution is 2.22. The van der Waals surface area contributed by atoms with Gasteiger partial charge in [0.15, 0.2) is 0 Å². The number of hydrogen-bond acceptors (Lipinski definition) is 3. The van der Waals surface area contributed by atoms with Crippen molar-refractivity contribution >= 4 is 11.7 Å². The van der Waals surface area contributed by atoms with E-state index in [1.165, 1.54) is 4.90 Å². The molecule has 1 atom stereocenters. The van der Waals surface area contributed by atoms with Gasteiger partial charge < -0.3 is 10.6 Å². The monoisotopic (exact) mass is 319 g/mol. The molecule has 124 valence electrons. The molecule has 0 unspecified atom stereocenters. The first-order valence-corrected chi connectivity index (χ1v) is 7.22. The van der Waals surface area contributed by atoms with Gasteiger partial charge in [0.05, 0.1) is 18.4 Å². The summed E-state index contributed by atoms with van der Waals surface area (Å²) in [6.45, 7) is 2.89. The van der Waals surface area contributed by atoms with Crippen molar-refractivity contribution < 1.29 is 18.0 Å². The molecule has 1 aromatic rings. The van der Waals surface area contributed by atoms with Crippen LogP contribution in [-0.4, -0.2) is 53.1 Å². The van der Waals surface area contributed by atoms with Crippen LogP contribution in [0.25, 0.3) is 0 Å². The third-order valence-electron chi connectivity index (χ3n) is 3.54. The van der Waals surface area contributed by atoms with Crippen LogP contribution in [0.2, 0.25) is 0 Å². The number of nitrogens with one attached hydrogen (secondary N) is 2. The van der Waals surface area contributed by atoms with Crippen LogP contribution in [0.5, 0.6) is 0 Å². The molecule has 22 heavy (non-hydrogen) atoms. The Kier molecular flexibility index (Phi) is 5.28. The van der Waals surface area contributed by atoms with Crippen molar-refractivity contribution in [3.05, 3.63) is 12.4 Å². The van der Waals surface area contributed by atoms with Crippen LogP contribution < -0.4 is 10.6 Å². The summed E-state index contributed by atoms with van der Waals surface area (Å²) in [6.07, 6.45) is -0.257. The summed E-state index contributed by atoms with van der Waals surface area (Å²) in [4.78, 5) is 13.1. The van der Waals surface area contributed by atoms with Gasteiger partial charge >= 0.3 is 12.2 Å². The van der Waals surface area contributed by atoms with Crippen molar-refractivity contribution in [2.75, 3.05) is 31.5 Å². The van der Waals surface area contributed by atoms with Gasteiger partial charge in [-0.05, 0) is 25.8 Å². The van der Waals surface area contributed by atoms with E-state index < -0.39 is 12.7 Å². The highest BCUT2D eigenvalue weighted by molar-refractivity contribution is 5.88.